The second-order valence-corrected chi connectivity index (χ2v) is 4.19. The van der Waals surface area contributed by atoms with Gasteiger partial charge < -0.3 is 14.8 Å². The van der Waals surface area contributed by atoms with Gasteiger partial charge in [-0.2, -0.15) is 0 Å². The van der Waals surface area contributed by atoms with Crippen LogP contribution < -0.4 is 10.1 Å². The molecular weight excluding hydrogens is 261 g/mol. The third-order valence-corrected chi connectivity index (χ3v) is 2.37. The summed E-state index contributed by atoms with van der Waals surface area (Å²) in [6.45, 7) is 2.05. The first kappa shape index (κ1) is 14.7. The van der Waals surface area contributed by atoms with Gasteiger partial charge in [0.2, 0.25) is 0 Å². The lowest BCUT2D eigenvalue weighted by molar-refractivity contribution is -0.124. The van der Waals surface area contributed by atoms with E-state index in [1.54, 1.807) is 7.11 Å². The number of benzene rings is 1. The Bertz CT molecular complexity index is 414. The maximum atomic E-state index is 12.8. The molecule has 4 nitrogen and oxygen atoms in total. The van der Waals surface area contributed by atoms with Crippen LogP contribution in [-0.4, -0.2) is 32.3 Å². The van der Waals surface area contributed by atoms with Crippen molar-refractivity contribution in [3.05, 3.63) is 29.0 Å². The summed E-state index contributed by atoms with van der Waals surface area (Å²) < 4.78 is 22.8. The first-order valence-corrected chi connectivity index (χ1v) is 5.77. The van der Waals surface area contributed by atoms with Crippen molar-refractivity contribution in [2.24, 2.45) is 0 Å². The summed E-state index contributed by atoms with van der Waals surface area (Å²) in [5.74, 6) is -0.474. The highest BCUT2D eigenvalue weighted by Gasteiger charge is 2.09. The van der Waals surface area contributed by atoms with E-state index in [0.29, 0.717) is 6.61 Å². The van der Waals surface area contributed by atoms with Crippen molar-refractivity contribution in [1.29, 1.82) is 0 Å². The van der Waals surface area contributed by atoms with Gasteiger partial charge in [-0.1, -0.05) is 11.6 Å². The van der Waals surface area contributed by atoms with Crippen molar-refractivity contribution in [2.75, 3.05) is 20.3 Å². The van der Waals surface area contributed by atoms with Crippen molar-refractivity contribution < 1.29 is 18.7 Å². The van der Waals surface area contributed by atoms with Gasteiger partial charge >= 0.3 is 0 Å². The Morgan fingerprint density at radius 1 is 1.56 bits per heavy atom. The third-order valence-electron chi connectivity index (χ3n) is 2.08. The van der Waals surface area contributed by atoms with Crippen LogP contribution in [0.25, 0.3) is 0 Å². The van der Waals surface area contributed by atoms with E-state index in [9.17, 15) is 9.18 Å². The molecule has 0 aliphatic heterocycles. The van der Waals surface area contributed by atoms with Gasteiger partial charge in [-0.05, 0) is 25.1 Å². The molecule has 0 spiro atoms. The second-order valence-electron chi connectivity index (χ2n) is 3.79. The van der Waals surface area contributed by atoms with Crippen LogP contribution in [0, 0.1) is 5.82 Å². The Kier molecular flexibility index (Phi) is 5.88. The largest absolute Gasteiger partial charge is 0.482 e. The Morgan fingerprint density at radius 2 is 2.28 bits per heavy atom. The smallest absolute Gasteiger partial charge is 0.258 e. The van der Waals surface area contributed by atoms with Crippen LogP contribution in [0.1, 0.15) is 6.92 Å². The van der Waals surface area contributed by atoms with E-state index in [-0.39, 0.29) is 29.3 Å². The minimum Gasteiger partial charge on any atom is -0.482 e. The molecule has 0 saturated heterocycles. The summed E-state index contributed by atoms with van der Waals surface area (Å²) in [7, 11) is 1.55. The zero-order valence-electron chi connectivity index (χ0n) is 10.2. The quantitative estimate of drug-likeness (QED) is 0.864. The fraction of sp³-hybridized carbons (Fsp3) is 0.417. The number of hydrogen-bond donors (Lipinski definition) is 1. The molecule has 0 radical (unpaired) electrons. The Labute approximate surface area is 110 Å². The van der Waals surface area contributed by atoms with Crippen molar-refractivity contribution >= 4 is 17.5 Å². The number of rotatable bonds is 6. The molecule has 1 unspecified atom stereocenters. The van der Waals surface area contributed by atoms with E-state index in [4.69, 9.17) is 21.1 Å². The predicted molar refractivity (Wildman–Crippen MR) is 66.4 cm³/mol. The van der Waals surface area contributed by atoms with Crippen LogP contribution in [0.3, 0.4) is 0 Å². The molecule has 1 amide bonds. The first-order chi connectivity index (χ1) is 8.52. The fourth-order valence-electron chi connectivity index (χ4n) is 1.34. The molecule has 18 heavy (non-hydrogen) atoms. The van der Waals surface area contributed by atoms with Crippen molar-refractivity contribution in [3.8, 4) is 5.75 Å². The SMILES string of the molecule is COCC(C)NC(=O)COc1ccc(F)cc1Cl. The van der Waals surface area contributed by atoms with Crippen LogP contribution in [0.15, 0.2) is 18.2 Å². The van der Waals surface area contributed by atoms with Crippen LogP contribution in [0.4, 0.5) is 4.39 Å². The zero-order valence-corrected chi connectivity index (χ0v) is 11.0. The van der Waals surface area contributed by atoms with E-state index in [1.165, 1.54) is 12.1 Å². The summed E-state index contributed by atoms with van der Waals surface area (Å²) in [5, 5.41) is 2.81. The van der Waals surface area contributed by atoms with Gasteiger partial charge in [-0.3, -0.25) is 4.79 Å². The average Bonchev–Trinajstić information content (AvgIpc) is 2.28. The summed E-state index contributed by atoms with van der Waals surface area (Å²) in [4.78, 5) is 11.5. The summed E-state index contributed by atoms with van der Waals surface area (Å²) >= 11 is 5.75. The molecule has 0 aromatic heterocycles. The van der Waals surface area contributed by atoms with E-state index >= 15 is 0 Å². The zero-order chi connectivity index (χ0) is 13.5. The number of halogens is 2. The van der Waals surface area contributed by atoms with Crippen LogP contribution in [0.5, 0.6) is 5.75 Å². The van der Waals surface area contributed by atoms with E-state index < -0.39 is 5.82 Å². The Balaban J connectivity index is 2.42. The molecule has 0 heterocycles. The summed E-state index contributed by atoms with van der Waals surface area (Å²) in [6, 6.07) is 3.62. The molecule has 100 valence electrons. The van der Waals surface area contributed by atoms with E-state index in [2.05, 4.69) is 5.32 Å². The molecule has 0 aliphatic carbocycles. The topological polar surface area (TPSA) is 47.6 Å². The monoisotopic (exact) mass is 275 g/mol. The highest BCUT2D eigenvalue weighted by molar-refractivity contribution is 6.32. The minimum absolute atomic E-state index is 0.102. The number of carbonyl (C=O) groups excluding carboxylic acids is 1. The molecule has 1 rings (SSSR count). The Morgan fingerprint density at radius 3 is 2.89 bits per heavy atom. The molecule has 6 heteroatoms. The van der Waals surface area contributed by atoms with Crippen molar-refractivity contribution in [1.82, 2.24) is 5.32 Å². The van der Waals surface area contributed by atoms with Gasteiger partial charge in [0.15, 0.2) is 6.61 Å². The highest BCUT2D eigenvalue weighted by Crippen LogP contribution is 2.24. The van der Waals surface area contributed by atoms with Crippen LogP contribution in [-0.2, 0) is 9.53 Å². The minimum atomic E-state index is -0.453. The Hall–Kier alpha value is -1.33. The van der Waals surface area contributed by atoms with Gasteiger partial charge in [0, 0.05) is 13.2 Å². The van der Waals surface area contributed by atoms with Crippen molar-refractivity contribution in [3.63, 3.8) is 0 Å². The van der Waals surface area contributed by atoms with Gasteiger partial charge in [0.1, 0.15) is 11.6 Å². The number of ether oxygens (including phenoxy) is 2. The van der Waals surface area contributed by atoms with E-state index in [1.807, 2.05) is 6.92 Å². The molecule has 1 aromatic rings. The van der Waals surface area contributed by atoms with Crippen LogP contribution >= 0.6 is 11.6 Å². The van der Waals surface area contributed by atoms with Crippen molar-refractivity contribution in [2.45, 2.75) is 13.0 Å². The number of nitrogens with one attached hydrogen (secondary N) is 1. The number of carbonyl (C=O) groups is 1. The molecule has 0 bridgehead atoms. The number of hydrogen-bond acceptors (Lipinski definition) is 3. The number of amides is 1. The maximum Gasteiger partial charge on any atom is 0.258 e. The third kappa shape index (κ3) is 4.89. The fourth-order valence-corrected chi connectivity index (χ4v) is 1.57. The molecule has 1 N–H and O–H groups in total. The van der Waals surface area contributed by atoms with Crippen LogP contribution in [0.2, 0.25) is 5.02 Å². The molecular formula is C12H15ClFNO3. The highest BCUT2D eigenvalue weighted by atomic mass is 35.5. The lowest BCUT2D eigenvalue weighted by atomic mass is 10.3. The molecule has 0 fully saturated rings. The number of methoxy groups -OCH3 is 1. The lowest BCUT2D eigenvalue weighted by Crippen LogP contribution is -2.38. The van der Waals surface area contributed by atoms with Gasteiger partial charge in [0.25, 0.3) is 5.91 Å². The van der Waals surface area contributed by atoms with Gasteiger partial charge in [-0.15, -0.1) is 0 Å². The second kappa shape index (κ2) is 7.18. The molecule has 1 atom stereocenters. The van der Waals surface area contributed by atoms with Gasteiger partial charge in [-0.25, -0.2) is 4.39 Å². The lowest BCUT2D eigenvalue weighted by Gasteiger charge is -2.13. The normalized spacial score (nSPS) is 12.0. The molecule has 1 aromatic carbocycles. The molecule has 0 aliphatic rings. The van der Waals surface area contributed by atoms with E-state index in [0.717, 1.165) is 6.07 Å². The predicted octanol–water partition coefficient (Wildman–Crippen LogP) is 2.01. The summed E-state index contributed by atoms with van der Waals surface area (Å²) in [6.07, 6.45) is 0. The maximum absolute atomic E-state index is 12.8. The average molecular weight is 276 g/mol. The standard InChI is InChI=1S/C12H15ClFNO3/c1-8(6-17-2)15-12(16)7-18-11-4-3-9(14)5-10(11)13/h3-5,8H,6-7H2,1-2H3,(H,15,16). The molecule has 0 saturated carbocycles. The summed E-state index contributed by atoms with van der Waals surface area (Å²) in [5.41, 5.74) is 0. The van der Waals surface area contributed by atoms with Gasteiger partial charge in [0.05, 0.1) is 11.6 Å². The first-order valence-electron chi connectivity index (χ1n) is 5.39.